The molecule has 1 aromatic rings. The van der Waals surface area contributed by atoms with E-state index in [0.29, 0.717) is 6.54 Å². The maximum atomic E-state index is 11.8. The average molecular weight is 346 g/mol. The second-order valence-corrected chi connectivity index (χ2v) is 6.86. The molecule has 9 nitrogen and oxygen atoms in total. The molecule has 2 bridgehead atoms. The third-order valence-corrected chi connectivity index (χ3v) is 4.93. The van der Waals surface area contributed by atoms with Gasteiger partial charge in [0.2, 0.25) is 11.4 Å². The lowest BCUT2D eigenvalue weighted by Crippen LogP contribution is -2.66. The number of carbonyl (C=O) groups is 1. The van der Waals surface area contributed by atoms with Crippen LogP contribution in [0, 0.1) is 20.2 Å². The maximum Gasteiger partial charge on any atom is 0.260 e. The van der Waals surface area contributed by atoms with Crippen molar-refractivity contribution >= 4 is 5.91 Å². The molecule has 0 saturated carbocycles. The number of hydrogen-bond donors (Lipinski definition) is 1. The molecule has 0 spiro atoms. The van der Waals surface area contributed by atoms with Crippen LogP contribution < -0.4 is 5.73 Å². The zero-order valence-electron chi connectivity index (χ0n) is 13.5. The van der Waals surface area contributed by atoms with Gasteiger partial charge in [-0.15, -0.1) is 0 Å². The standard InChI is InChI=1S/C16H18N4O5/c17-14(21)13-6-15(19(22)23)9-16(7-13,20(24)25)11-18(10-15)8-12-4-2-1-3-5-12/h1-6H,7-11H2,(H2,17,21)/t15-,16+/m0/s1. The fourth-order valence-corrected chi connectivity index (χ4v) is 3.96. The van der Waals surface area contributed by atoms with E-state index in [0.717, 1.165) is 5.56 Å². The van der Waals surface area contributed by atoms with Crippen LogP contribution in [0.25, 0.3) is 0 Å². The number of nitro groups is 2. The number of carbonyl (C=O) groups excluding carboxylic acids is 1. The Morgan fingerprint density at radius 1 is 1.16 bits per heavy atom. The van der Waals surface area contributed by atoms with Crippen LogP contribution in [0.2, 0.25) is 0 Å². The Kier molecular flexibility index (Phi) is 4.03. The lowest BCUT2D eigenvalue weighted by atomic mass is 9.69. The quantitative estimate of drug-likeness (QED) is 0.617. The molecule has 1 fully saturated rings. The van der Waals surface area contributed by atoms with E-state index in [9.17, 15) is 25.0 Å². The van der Waals surface area contributed by atoms with E-state index in [2.05, 4.69) is 0 Å². The third-order valence-electron chi connectivity index (χ3n) is 4.93. The highest BCUT2D eigenvalue weighted by atomic mass is 16.6. The van der Waals surface area contributed by atoms with E-state index in [1.807, 2.05) is 30.3 Å². The number of primary amides is 1. The second kappa shape index (κ2) is 5.92. The minimum atomic E-state index is -1.68. The summed E-state index contributed by atoms with van der Waals surface area (Å²) in [5.74, 6) is -0.839. The van der Waals surface area contributed by atoms with Crippen LogP contribution in [0.3, 0.4) is 0 Å². The Labute approximate surface area is 143 Å². The molecule has 0 unspecified atom stereocenters. The molecule has 1 aromatic carbocycles. The molecular weight excluding hydrogens is 328 g/mol. The molecule has 9 heteroatoms. The zero-order valence-corrected chi connectivity index (χ0v) is 13.5. The fraction of sp³-hybridized carbons (Fsp3) is 0.438. The molecule has 2 aliphatic rings. The zero-order chi connectivity index (χ0) is 18.2. The van der Waals surface area contributed by atoms with Gasteiger partial charge in [-0.1, -0.05) is 30.3 Å². The van der Waals surface area contributed by atoms with E-state index in [-0.39, 0.29) is 31.5 Å². The molecule has 1 aliphatic carbocycles. The van der Waals surface area contributed by atoms with Gasteiger partial charge in [-0.05, 0) is 5.56 Å². The van der Waals surface area contributed by atoms with Crippen LogP contribution in [-0.2, 0) is 11.3 Å². The van der Waals surface area contributed by atoms with Gasteiger partial charge in [-0.3, -0.25) is 29.9 Å². The highest BCUT2D eigenvalue weighted by Crippen LogP contribution is 2.43. The van der Waals surface area contributed by atoms with Crippen LogP contribution in [0.15, 0.2) is 42.0 Å². The molecule has 132 valence electrons. The van der Waals surface area contributed by atoms with Crippen LogP contribution in [0.5, 0.6) is 0 Å². The highest BCUT2D eigenvalue weighted by Gasteiger charge is 2.64. The molecule has 3 rings (SSSR count). The van der Waals surface area contributed by atoms with Gasteiger partial charge in [0.15, 0.2) is 0 Å². The Hall–Kier alpha value is -2.81. The van der Waals surface area contributed by atoms with E-state index >= 15 is 0 Å². The molecule has 0 aromatic heterocycles. The molecule has 0 radical (unpaired) electrons. The van der Waals surface area contributed by atoms with Gasteiger partial charge < -0.3 is 5.73 Å². The van der Waals surface area contributed by atoms with Crippen molar-refractivity contribution in [1.29, 1.82) is 0 Å². The number of fused-ring (bicyclic) bond motifs is 2. The molecule has 1 amide bonds. The van der Waals surface area contributed by atoms with Crippen molar-refractivity contribution in [2.75, 3.05) is 13.1 Å². The second-order valence-electron chi connectivity index (χ2n) is 6.86. The van der Waals surface area contributed by atoms with E-state index in [4.69, 9.17) is 5.73 Å². The van der Waals surface area contributed by atoms with Crippen molar-refractivity contribution in [3.8, 4) is 0 Å². The normalized spacial score (nSPS) is 28.9. The average Bonchev–Trinajstić information content (AvgIpc) is 2.54. The summed E-state index contributed by atoms with van der Waals surface area (Å²) in [6.07, 6.45) is 0.812. The molecule has 2 N–H and O–H groups in total. The highest BCUT2D eigenvalue weighted by molar-refractivity contribution is 5.92. The lowest BCUT2D eigenvalue weighted by Gasteiger charge is -2.44. The first-order valence-corrected chi connectivity index (χ1v) is 7.83. The maximum absolute atomic E-state index is 11.8. The summed E-state index contributed by atoms with van der Waals surface area (Å²) in [7, 11) is 0. The molecule has 2 atom stereocenters. The van der Waals surface area contributed by atoms with E-state index < -0.39 is 26.8 Å². The Bertz CT molecular complexity index is 765. The Morgan fingerprint density at radius 3 is 2.40 bits per heavy atom. The van der Waals surface area contributed by atoms with Crippen LogP contribution in [0.4, 0.5) is 0 Å². The lowest BCUT2D eigenvalue weighted by molar-refractivity contribution is -0.620. The molecule has 1 heterocycles. The summed E-state index contributed by atoms with van der Waals surface area (Å²) in [6, 6.07) is 9.28. The van der Waals surface area contributed by atoms with Crippen molar-refractivity contribution in [1.82, 2.24) is 4.90 Å². The number of amides is 1. The van der Waals surface area contributed by atoms with Gasteiger partial charge in [-0.25, -0.2) is 0 Å². The number of hydrogen-bond acceptors (Lipinski definition) is 6. The molecule has 1 saturated heterocycles. The number of piperidine rings is 1. The molecule has 1 aliphatic heterocycles. The Morgan fingerprint density at radius 2 is 1.84 bits per heavy atom. The summed E-state index contributed by atoms with van der Waals surface area (Å²) in [6.45, 7) is 0.405. The minimum Gasteiger partial charge on any atom is -0.366 e. The number of benzene rings is 1. The number of rotatable bonds is 5. The minimum absolute atomic E-state index is 0.00125. The van der Waals surface area contributed by atoms with E-state index in [1.165, 1.54) is 6.08 Å². The molecular formula is C16H18N4O5. The first-order valence-electron chi connectivity index (χ1n) is 7.83. The van der Waals surface area contributed by atoms with Crippen molar-refractivity contribution in [2.45, 2.75) is 30.5 Å². The topological polar surface area (TPSA) is 133 Å². The Balaban J connectivity index is 2.02. The van der Waals surface area contributed by atoms with Gasteiger partial charge >= 0.3 is 0 Å². The third kappa shape index (κ3) is 2.98. The number of nitrogens with two attached hydrogens (primary N) is 1. The first kappa shape index (κ1) is 17.0. The van der Waals surface area contributed by atoms with Gasteiger partial charge in [0.25, 0.3) is 5.54 Å². The monoisotopic (exact) mass is 346 g/mol. The van der Waals surface area contributed by atoms with Gasteiger partial charge in [0.05, 0.1) is 25.9 Å². The fourth-order valence-electron chi connectivity index (χ4n) is 3.96. The van der Waals surface area contributed by atoms with Crippen molar-refractivity contribution < 1.29 is 14.6 Å². The summed E-state index contributed by atoms with van der Waals surface area (Å²) >= 11 is 0. The predicted octanol–water partition coefficient (Wildman–Crippen LogP) is 0.739. The van der Waals surface area contributed by atoms with Crippen molar-refractivity contribution in [2.24, 2.45) is 5.73 Å². The van der Waals surface area contributed by atoms with Gasteiger partial charge in [0.1, 0.15) is 0 Å². The number of likely N-dealkylation sites (tertiary alicyclic amines) is 1. The summed E-state index contributed by atoms with van der Waals surface area (Å²) in [4.78, 5) is 35.9. The van der Waals surface area contributed by atoms with Crippen molar-refractivity contribution in [3.05, 3.63) is 67.8 Å². The smallest absolute Gasteiger partial charge is 0.260 e. The number of nitrogens with zero attached hydrogens (tertiary/aromatic N) is 3. The van der Waals surface area contributed by atoms with Gasteiger partial charge in [0, 0.05) is 28.0 Å². The summed E-state index contributed by atoms with van der Waals surface area (Å²) < 4.78 is 0. The van der Waals surface area contributed by atoms with Crippen LogP contribution in [-0.4, -0.2) is 44.8 Å². The summed E-state index contributed by atoms with van der Waals surface area (Å²) in [5, 5.41) is 23.6. The van der Waals surface area contributed by atoms with Crippen LogP contribution in [0.1, 0.15) is 18.4 Å². The molecule has 25 heavy (non-hydrogen) atoms. The van der Waals surface area contributed by atoms with Crippen molar-refractivity contribution in [3.63, 3.8) is 0 Å². The predicted molar refractivity (Wildman–Crippen MR) is 87.7 cm³/mol. The SMILES string of the molecule is NC(=O)C1=C[C@@]2([N+](=O)[O-])CN(Cc3ccccc3)C[C@@]([N+](=O)[O-])(C1)C2. The van der Waals surface area contributed by atoms with Crippen LogP contribution >= 0.6 is 0 Å². The largest absolute Gasteiger partial charge is 0.366 e. The van der Waals surface area contributed by atoms with E-state index in [1.54, 1.807) is 4.90 Å². The first-order chi connectivity index (χ1) is 11.8. The van der Waals surface area contributed by atoms with Gasteiger partial charge in [-0.2, -0.15) is 0 Å². The summed E-state index contributed by atoms with van der Waals surface area (Å²) in [5.41, 5.74) is 2.91.